The van der Waals surface area contributed by atoms with Gasteiger partial charge in [-0.3, -0.25) is 4.98 Å². The highest BCUT2D eigenvalue weighted by atomic mass is 35.5. The van der Waals surface area contributed by atoms with Crippen LogP contribution in [0.5, 0.6) is 0 Å². The Bertz CT molecular complexity index is 815. The third-order valence-electron chi connectivity index (χ3n) is 2.91. The molecule has 0 saturated heterocycles. The molecule has 6 nitrogen and oxygen atoms in total. The summed E-state index contributed by atoms with van der Waals surface area (Å²) in [7, 11) is 1.31. The van der Waals surface area contributed by atoms with Crippen LogP contribution in [-0.2, 0) is 4.74 Å². The van der Waals surface area contributed by atoms with Crippen LogP contribution >= 0.6 is 11.6 Å². The summed E-state index contributed by atoms with van der Waals surface area (Å²) in [4.78, 5) is 23.7. The molecule has 3 aromatic rings. The third-order valence-corrected chi connectivity index (χ3v) is 3.12. The van der Waals surface area contributed by atoms with Gasteiger partial charge in [0.1, 0.15) is 17.7 Å². The quantitative estimate of drug-likeness (QED) is 0.690. The third kappa shape index (κ3) is 2.82. The average molecular weight is 316 g/mol. The van der Waals surface area contributed by atoms with Crippen molar-refractivity contribution in [3.8, 4) is 22.7 Å². The number of carbonyl (C=O) groups excluding carboxylic acids is 1. The molecule has 0 aromatic carbocycles. The molecule has 0 atom stereocenters. The Hall–Kier alpha value is -2.73. The number of pyridine rings is 2. The molecule has 7 heteroatoms. The van der Waals surface area contributed by atoms with E-state index < -0.39 is 5.97 Å². The Balaban J connectivity index is 1.89. The lowest BCUT2D eigenvalue weighted by Crippen LogP contribution is -2.03. The van der Waals surface area contributed by atoms with Crippen LogP contribution in [0, 0.1) is 0 Å². The average Bonchev–Trinajstić information content (AvgIpc) is 3.04. The Kier molecular flexibility index (Phi) is 3.84. The fourth-order valence-corrected chi connectivity index (χ4v) is 2.01. The first-order valence-corrected chi connectivity index (χ1v) is 6.66. The summed E-state index contributed by atoms with van der Waals surface area (Å²) >= 11 is 5.89. The van der Waals surface area contributed by atoms with Crippen molar-refractivity contribution in [2.24, 2.45) is 0 Å². The van der Waals surface area contributed by atoms with E-state index in [2.05, 4.69) is 19.7 Å². The summed E-state index contributed by atoms with van der Waals surface area (Å²) in [5.74, 6) is -0.0839. The van der Waals surface area contributed by atoms with E-state index >= 15 is 0 Å². The van der Waals surface area contributed by atoms with Gasteiger partial charge in [-0.05, 0) is 18.2 Å². The number of hydrogen-bond acceptors (Lipinski definition) is 6. The van der Waals surface area contributed by atoms with E-state index in [0.29, 0.717) is 22.2 Å². The summed E-state index contributed by atoms with van der Waals surface area (Å²) in [5, 5.41) is 0.501. The number of halogens is 1. The van der Waals surface area contributed by atoms with Gasteiger partial charge in [-0.25, -0.2) is 14.8 Å². The molecule has 22 heavy (non-hydrogen) atoms. The summed E-state index contributed by atoms with van der Waals surface area (Å²) in [6, 6.07) is 5.00. The highest BCUT2D eigenvalue weighted by Crippen LogP contribution is 2.25. The summed E-state index contributed by atoms with van der Waals surface area (Å²) in [6.07, 6.45) is 6.18. The maximum absolute atomic E-state index is 11.3. The molecule has 0 unspecified atom stereocenters. The zero-order chi connectivity index (χ0) is 15.5. The molecule has 0 radical (unpaired) electrons. The maximum Gasteiger partial charge on any atom is 0.356 e. The minimum absolute atomic E-state index is 0.231. The molecule has 0 bridgehead atoms. The Morgan fingerprint density at radius 2 is 2.09 bits per heavy atom. The second kappa shape index (κ2) is 5.95. The lowest BCUT2D eigenvalue weighted by atomic mass is 10.2. The van der Waals surface area contributed by atoms with Crippen LogP contribution in [-0.4, -0.2) is 28.0 Å². The molecule has 0 aliphatic rings. The fourth-order valence-electron chi connectivity index (χ4n) is 1.84. The smallest absolute Gasteiger partial charge is 0.356 e. The molecule has 0 N–H and O–H groups in total. The molecule has 0 amide bonds. The van der Waals surface area contributed by atoms with Gasteiger partial charge < -0.3 is 9.15 Å². The van der Waals surface area contributed by atoms with Crippen LogP contribution in [0.3, 0.4) is 0 Å². The minimum Gasteiger partial charge on any atom is -0.464 e. The van der Waals surface area contributed by atoms with Crippen molar-refractivity contribution in [3.63, 3.8) is 0 Å². The highest BCUT2D eigenvalue weighted by molar-refractivity contribution is 6.30. The minimum atomic E-state index is -0.489. The van der Waals surface area contributed by atoms with Crippen molar-refractivity contribution in [1.29, 1.82) is 0 Å². The van der Waals surface area contributed by atoms with Crippen molar-refractivity contribution >= 4 is 17.6 Å². The van der Waals surface area contributed by atoms with Gasteiger partial charge in [0.2, 0.25) is 5.89 Å². The van der Waals surface area contributed by atoms with Gasteiger partial charge in [-0.15, -0.1) is 0 Å². The Morgan fingerprint density at radius 1 is 1.23 bits per heavy atom. The number of hydrogen-bond donors (Lipinski definition) is 0. The van der Waals surface area contributed by atoms with Crippen molar-refractivity contribution in [1.82, 2.24) is 15.0 Å². The number of carbonyl (C=O) groups is 1. The van der Waals surface area contributed by atoms with Crippen LogP contribution in [0.15, 0.2) is 47.5 Å². The van der Waals surface area contributed by atoms with Crippen LogP contribution in [0.25, 0.3) is 22.7 Å². The standard InChI is InChI=1S/C15H10ClN3O3/c1-21-15(20)12-3-2-9(6-18-12)13-8-22-14(19-13)10-4-11(16)7-17-5-10/h2-8H,1H3. The van der Waals surface area contributed by atoms with Crippen molar-refractivity contribution in [2.45, 2.75) is 0 Å². The molecular formula is C15H10ClN3O3. The molecule has 0 aliphatic heterocycles. The van der Waals surface area contributed by atoms with Crippen molar-refractivity contribution in [2.75, 3.05) is 7.11 Å². The molecular weight excluding hydrogens is 306 g/mol. The monoisotopic (exact) mass is 315 g/mol. The second-order valence-electron chi connectivity index (χ2n) is 4.35. The normalized spacial score (nSPS) is 10.5. The number of esters is 1. The maximum atomic E-state index is 11.3. The summed E-state index contributed by atoms with van der Waals surface area (Å²) < 4.78 is 10.0. The SMILES string of the molecule is COC(=O)c1ccc(-c2coc(-c3cncc(Cl)c3)n2)cn1. The highest BCUT2D eigenvalue weighted by Gasteiger charge is 2.11. The van der Waals surface area contributed by atoms with Crippen LogP contribution in [0.1, 0.15) is 10.5 Å². The first-order valence-electron chi connectivity index (χ1n) is 6.28. The van der Waals surface area contributed by atoms with E-state index in [0.717, 1.165) is 5.56 Å². The molecule has 0 aliphatic carbocycles. The van der Waals surface area contributed by atoms with Crippen LogP contribution in [0.4, 0.5) is 0 Å². The number of oxazole rings is 1. The second-order valence-corrected chi connectivity index (χ2v) is 4.79. The first-order chi connectivity index (χ1) is 10.7. The molecule has 0 spiro atoms. The van der Waals surface area contributed by atoms with Gasteiger partial charge >= 0.3 is 5.97 Å². The lowest BCUT2D eigenvalue weighted by molar-refractivity contribution is 0.0594. The molecule has 0 saturated carbocycles. The molecule has 110 valence electrons. The van der Waals surface area contributed by atoms with Gasteiger partial charge in [0.15, 0.2) is 0 Å². The van der Waals surface area contributed by atoms with Gasteiger partial charge in [-0.1, -0.05) is 11.6 Å². The molecule has 3 aromatic heterocycles. The zero-order valence-electron chi connectivity index (χ0n) is 11.5. The van der Waals surface area contributed by atoms with E-state index in [1.54, 1.807) is 24.4 Å². The van der Waals surface area contributed by atoms with Crippen molar-refractivity contribution < 1.29 is 13.9 Å². The van der Waals surface area contributed by atoms with E-state index in [1.807, 2.05) is 0 Å². The molecule has 0 fully saturated rings. The van der Waals surface area contributed by atoms with Crippen LogP contribution < -0.4 is 0 Å². The topological polar surface area (TPSA) is 78.1 Å². The van der Waals surface area contributed by atoms with E-state index in [1.165, 1.54) is 25.8 Å². The fraction of sp³-hybridized carbons (Fsp3) is 0.0667. The summed E-state index contributed by atoms with van der Waals surface area (Å²) in [6.45, 7) is 0. The number of aromatic nitrogens is 3. The lowest BCUT2D eigenvalue weighted by Gasteiger charge is -1.99. The van der Waals surface area contributed by atoms with Gasteiger partial charge in [0.05, 0.1) is 17.7 Å². The Labute approximate surface area is 130 Å². The predicted molar refractivity (Wildman–Crippen MR) is 79.3 cm³/mol. The molecule has 3 heterocycles. The van der Waals surface area contributed by atoms with E-state index in [4.69, 9.17) is 16.0 Å². The number of ether oxygens (including phenoxy) is 1. The number of methoxy groups -OCH3 is 1. The van der Waals surface area contributed by atoms with E-state index in [-0.39, 0.29) is 5.69 Å². The van der Waals surface area contributed by atoms with Crippen molar-refractivity contribution in [3.05, 3.63) is 53.8 Å². The summed E-state index contributed by atoms with van der Waals surface area (Å²) in [5.41, 5.74) is 2.23. The zero-order valence-corrected chi connectivity index (χ0v) is 12.2. The van der Waals surface area contributed by atoms with Gasteiger partial charge in [0, 0.05) is 24.2 Å². The first kappa shape index (κ1) is 14.2. The largest absolute Gasteiger partial charge is 0.464 e. The molecule has 3 rings (SSSR count). The van der Waals surface area contributed by atoms with E-state index in [9.17, 15) is 4.79 Å². The van der Waals surface area contributed by atoms with Crippen LogP contribution in [0.2, 0.25) is 5.02 Å². The van der Waals surface area contributed by atoms with Gasteiger partial charge in [0.25, 0.3) is 0 Å². The van der Waals surface area contributed by atoms with Gasteiger partial charge in [-0.2, -0.15) is 0 Å². The number of rotatable bonds is 3. The predicted octanol–water partition coefficient (Wildman–Crippen LogP) is 3.24. The Morgan fingerprint density at radius 3 is 2.77 bits per heavy atom. The number of nitrogens with zero attached hydrogens (tertiary/aromatic N) is 3.